The number of esters is 1. The Kier molecular flexibility index (Phi) is 7.91. The number of carbonyl (C=O) groups excluding carboxylic acids is 1. The van der Waals surface area contributed by atoms with E-state index in [0.717, 1.165) is 27.5 Å². The number of aromatic nitrogens is 1. The van der Waals surface area contributed by atoms with Gasteiger partial charge in [0.25, 0.3) is 11.2 Å². The van der Waals surface area contributed by atoms with Crippen LogP contribution in [-0.2, 0) is 16.1 Å². The summed E-state index contributed by atoms with van der Waals surface area (Å²) in [6.07, 6.45) is 1.78. The van der Waals surface area contributed by atoms with Gasteiger partial charge in [-0.2, -0.15) is 0 Å². The molecule has 2 heterocycles. The zero-order valence-corrected chi connectivity index (χ0v) is 24.7. The highest BCUT2D eigenvalue weighted by Crippen LogP contribution is 2.34. The molecule has 44 heavy (non-hydrogen) atoms. The molecule has 1 atom stereocenters. The number of thiazole rings is 1. The topological polar surface area (TPSA) is 113 Å². The SMILES string of the molecule is CCOC(=O)C1=C(C)N=c2s/c(=C/c3cccc(OCc4ccc([N+](=O)[O-])cc4)c3)c(=O)n2[C@H]1c1cccc2ccccc12. The highest BCUT2D eigenvalue weighted by Gasteiger charge is 2.34. The van der Waals surface area contributed by atoms with Crippen molar-refractivity contribution in [2.75, 3.05) is 6.61 Å². The van der Waals surface area contributed by atoms with E-state index in [1.807, 2.05) is 60.7 Å². The molecule has 1 aliphatic rings. The van der Waals surface area contributed by atoms with Crippen LogP contribution >= 0.6 is 11.3 Å². The van der Waals surface area contributed by atoms with Crippen LogP contribution in [0, 0.1) is 10.1 Å². The van der Waals surface area contributed by atoms with Crippen molar-refractivity contribution in [3.63, 3.8) is 0 Å². The minimum absolute atomic E-state index is 0.0180. The lowest BCUT2D eigenvalue weighted by atomic mass is 9.91. The number of nitro groups is 1. The van der Waals surface area contributed by atoms with Crippen LogP contribution in [0.4, 0.5) is 5.69 Å². The Hall–Kier alpha value is -5.35. The molecule has 1 aliphatic heterocycles. The molecule has 0 N–H and O–H groups in total. The van der Waals surface area contributed by atoms with Crippen LogP contribution in [0.3, 0.4) is 0 Å². The zero-order valence-electron chi connectivity index (χ0n) is 23.9. The second kappa shape index (κ2) is 12.1. The lowest BCUT2D eigenvalue weighted by molar-refractivity contribution is -0.384. The summed E-state index contributed by atoms with van der Waals surface area (Å²) in [5.41, 5.74) is 2.95. The number of carbonyl (C=O) groups is 1. The standard InChI is InChI=1S/C34H27N3O6S/c1-3-42-33(39)30-21(2)35-34-36(31(30)28-13-7-10-24-9-4-5-12-27(24)28)32(38)29(44-34)19-23-8-6-11-26(18-23)43-20-22-14-16-25(17-15-22)37(40)41/h4-19,31H,3,20H2,1-2H3/b29-19+/t31-/m0/s1. The van der Waals surface area contributed by atoms with Gasteiger partial charge in [0.15, 0.2) is 4.80 Å². The molecule has 0 aliphatic carbocycles. The minimum atomic E-state index is -0.713. The van der Waals surface area contributed by atoms with E-state index >= 15 is 0 Å². The Bertz CT molecular complexity index is 2120. The Labute approximate surface area is 255 Å². The number of rotatable bonds is 8. The maximum Gasteiger partial charge on any atom is 0.338 e. The van der Waals surface area contributed by atoms with Crippen molar-refractivity contribution >= 4 is 39.8 Å². The zero-order chi connectivity index (χ0) is 30.8. The van der Waals surface area contributed by atoms with Crippen molar-refractivity contribution in [1.82, 2.24) is 4.57 Å². The molecule has 9 nitrogen and oxygen atoms in total. The van der Waals surface area contributed by atoms with Crippen LogP contribution in [-0.4, -0.2) is 22.1 Å². The molecule has 0 radical (unpaired) electrons. The highest BCUT2D eigenvalue weighted by atomic mass is 32.1. The summed E-state index contributed by atoms with van der Waals surface area (Å²) in [7, 11) is 0. The van der Waals surface area contributed by atoms with Gasteiger partial charge < -0.3 is 9.47 Å². The van der Waals surface area contributed by atoms with E-state index in [4.69, 9.17) is 9.47 Å². The van der Waals surface area contributed by atoms with Crippen molar-refractivity contribution in [3.8, 4) is 5.75 Å². The number of nitrogens with zero attached hydrogens (tertiary/aromatic N) is 3. The molecule has 0 bridgehead atoms. The quantitative estimate of drug-likeness (QED) is 0.132. The van der Waals surface area contributed by atoms with Crippen LogP contribution in [0.5, 0.6) is 5.75 Å². The molecule has 0 saturated heterocycles. The van der Waals surface area contributed by atoms with E-state index in [1.54, 1.807) is 42.7 Å². The van der Waals surface area contributed by atoms with Gasteiger partial charge >= 0.3 is 5.97 Å². The van der Waals surface area contributed by atoms with E-state index in [-0.39, 0.29) is 24.5 Å². The monoisotopic (exact) mass is 605 g/mol. The summed E-state index contributed by atoms with van der Waals surface area (Å²) in [4.78, 5) is 43.0. The Morgan fingerprint density at radius 3 is 2.57 bits per heavy atom. The fourth-order valence-electron chi connectivity index (χ4n) is 5.30. The van der Waals surface area contributed by atoms with Crippen LogP contribution in [0.2, 0.25) is 0 Å². The van der Waals surface area contributed by atoms with Crippen molar-refractivity contribution < 1.29 is 19.2 Å². The number of nitro benzene ring substituents is 1. The highest BCUT2D eigenvalue weighted by molar-refractivity contribution is 7.07. The molecule has 10 heteroatoms. The molecule has 0 spiro atoms. The number of ether oxygens (including phenoxy) is 2. The van der Waals surface area contributed by atoms with Gasteiger partial charge in [-0.3, -0.25) is 19.5 Å². The number of allylic oxidation sites excluding steroid dienone is 1. The molecule has 0 saturated carbocycles. The van der Waals surface area contributed by atoms with Crippen LogP contribution in [0.15, 0.2) is 112 Å². The second-order valence-electron chi connectivity index (χ2n) is 10.2. The van der Waals surface area contributed by atoms with Crippen molar-refractivity contribution in [1.29, 1.82) is 0 Å². The van der Waals surface area contributed by atoms with Crippen molar-refractivity contribution in [3.05, 3.63) is 149 Å². The summed E-state index contributed by atoms with van der Waals surface area (Å²) < 4.78 is 13.4. The molecule has 1 aromatic heterocycles. The van der Waals surface area contributed by atoms with Gasteiger partial charge in [-0.25, -0.2) is 9.79 Å². The predicted molar refractivity (Wildman–Crippen MR) is 168 cm³/mol. The fraction of sp³-hybridized carbons (Fsp3) is 0.147. The maximum atomic E-state index is 14.1. The van der Waals surface area contributed by atoms with E-state index in [9.17, 15) is 19.7 Å². The number of benzene rings is 4. The largest absolute Gasteiger partial charge is 0.489 e. The molecule has 220 valence electrons. The van der Waals surface area contributed by atoms with E-state index < -0.39 is 16.9 Å². The predicted octanol–water partition coefficient (Wildman–Crippen LogP) is 5.44. The molecule has 0 fully saturated rings. The lowest BCUT2D eigenvalue weighted by Crippen LogP contribution is -2.40. The lowest BCUT2D eigenvalue weighted by Gasteiger charge is -2.25. The van der Waals surface area contributed by atoms with Gasteiger partial charge in [-0.15, -0.1) is 0 Å². The molecule has 0 unspecified atom stereocenters. The Balaban J connectivity index is 1.39. The number of fused-ring (bicyclic) bond motifs is 2. The first kappa shape index (κ1) is 28.8. The average molecular weight is 606 g/mol. The van der Waals surface area contributed by atoms with Crippen molar-refractivity contribution in [2.24, 2.45) is 4.99 Å². The first-order chi connectivity index (χ1) is 21.3. The molecular formula is C34H27N3O6S. The number of non-ortho nitro benzene ring substituents is 1. The molecular weight excluding hydrogens is 578 g/mol. The first-order valence-electron chi connectivity index (χ1n) is 14.0. The van der Waals surface area contributed by atoms with Gasteiger partial charge in [0.1, 0.15) is 12.4 Å². The molecule has 0 amide bonds. The van der Waals surface area contributed by atoms with Crippen LogP contribution < -0.4 is 19.6 Å². The summed E-state index contributed by atoms with van der Waals surface area (Å²) in [5.74, 6) is 0.0813. The van der Waals surface area contributed by atoms with Crippen LogP contribution in [0.25, 0.3) is 16.8 Å². The van der Waals surface area contributed by atoms with Gasteiger partial charge in [0.2, 0.25) is 0 Å². The maximum absolute atomic E-state index is 14.1. The van der Waals surface area contributed by atoms with E-state index in [2.05, 4.69) is 4.99 Å². The second-order valence-corrected chi connectivity index (χ2v) is 11.2. The van der Waals surface area contributed by atoms with Crippen LogP contribution in [0.1, 0.15) is 36.6 Å². The summed E-state index contributed by atoms with van der Waals surface area (Å²) in [6, 6.07) is 26.5. The summed E-state index contributed by atoms with van der Waals surface area (Å²) >= 11 is 1.26. The smallest absolute Gasteiger partial charge is 0.338 e. The third kappa shape index (κ3) is 5.55. The molecule has 6 rings (SSSR count). The summed E-state index contributed by atoms with van der Waals surface area (Å²) in [6.45, 7) is 3.95. The minimum Gasteiger partial charge on any atom is -0.489 e. The fourth-order valence-corrected chi connectivity index (χ4v) is 6.35. The molecule has 5 aromatic rings. The first-order valence-corrected chi connectivity index (χ1v) is 14.8. The van der Waals surface area contributed by atoms with Crippen molar-refractivity contribution in [2.45, 2.75) is 26.5 Å². The third-order valence-electron chi connectivity index (χ3n) is 7.34. The number of hydrogen-bond acceptors (Lipinski definition) is 8. The third-order valence-corrected chi connectivity index (χ3v) is 8.33. The summed E-state index contributed by atoms with van der Waals surface area (Å²) in [5, 5.41) is 12.8. The Morgan fingerprint density at radius 2 is 1.80 bits per heavy atom. The Morgan fingerprint density at radius 1 is 1.05 bits per heavy atom. The average Bonchev–Trinajstić information content (AvgIpc) is 3.33. The molecule has 4 aromatic carbocycles. The van der Waals surface area contributed by atoms with Gasteiger partial charge in [-0.05, 0) is 71.7 Å². The normalized spacial score (nSPS) is 14.7. The van der Waals surface area contributed by atoms with E-state index in [0.29, 0.717) is 26.4 Å². The number of hydrogen-bond donors (Lipinski definition) is 0. The van der Waals surface area contributed by atoms with Gasteiger partial charge in [0.05, 0.1) is 33.4 Å². The van der Waals surface area contributed by atoms with E-state index in [1.165, 1.54) is 23.5 Å². The van der Waals surface area contributed by atoms with Gasteiger partial charge in [0, 0.05) is 12.1 Å². The van der Waals surface area contributed by atoms with Gasteiger partial charge in [-0.1, -0.05) is 65.9 Å².